The van der Waals surface area contributed by atoms with Crippen LogP contribution in [0.3, 0.4) is 0 Å². The third-order valence-corrected chi connectivity index (χ3v) is 3.00. The van der Waals surface area contributed by atoms with Gasteiger partial charge in [-0.2, -0.15) is 10.2 Å². The molecule has 1 amide bonds. The molecule has 0 unspecified atom stereocenters. The lowest BCUT2D eigenvalue weighted by atomic mass is 10.3. The Morgan fingerprint density at radius 1 is 1.45 bits per heavy atom. The third kappa shape index (κ3) is 4.26. The first-order chi connectivity index (χ1) is 10.6. The summed E-state index contributed by atoms with van der Waals surface area (Å²) in [6, 6.07) is 4.45. The molecule has 118 valence electrons. The highest BCUT2D eigenvalue weighted by Crippen LogP contribution is 1.95. The zero-order valence-electron chi connectivity index (χ0n) is 12.6. The summed E-state index contributed by atoms with van der Waals surface area (Å²) in [5.74, 6) is -0.328. The molecule has 0 aliphatic carbocycles. The van der Waals surface area contributed by atoms with E-state index in [0.717, 1.165) is 0 Å². The lowest BCUT2D eigenvalue weighted by Crippen LogP contribution is -2.37. The van der Waals surface area contributed by atoms with Crippen LogP contribution in [0.25, 0.3) is 0 Å². The first-order valence-electron chi connectivity index (χ1n) is 6.95. The van der Waals surface area contributed by atoms with Gasteiger partial charge in [-0.25, -0.2) is 4.68 Å². The number of nitrogens with zero attached hydrogens (tertiary/aromatic N) is 4. The van der Waals surface area contributed by atoms with Crippen molar-refractivity contribution in [2.75, 3.05) is 13.7 Å². The molecule has 0 fully saturated rings. The zero-order valence-corrected chi connectivity index (χ0v) is 12.6. The first kappa shape index (κ1) is 15.9. The zero-order chi connectivity index (χ0) is 15.9. The number of methoxy groups -OCH3 is 1. The second-order valence-corrected chi connectivity index (χ2v) is 4.88. The number of ether oxygens (including phenoxy) is 1. The van der Waals surface area contributed by atoms with Crippen LogP contribution in [0.2, 0.25) is 0 Å². The minimum absolute atomic E-state index is 0.117. The molecule has 0 aromatic carbocycles. The molecule has 0 bridgehead atoms. The molecular formula is C14H19N5O3. The monoisotopic (exact) mass is 305 g/mol. The fraction of sp³-hybridized carbons (Fsp3) is 0.429. The molecule has 2 heterocycles. The van der Waals surface area contributed by atoms with E-state index in [9.17, 15) is 9.59 Å². The van der Waals surface area contributed by atoms with Gasteiger partial charge in [-0.1, -0.05) is 0 Å². The Morgan fingerprint density at radius 2 is 2.27 bits per heavy atom. The van der Waals surface area contributed by atoms with Crippen LogP contribution in [0, 0.1) is 0 Å². The topological polar surface area (TPSA) is 91.0 Å². The van der Waals surface area contributed by atoms with Crippen molar-refractivity contribution in [2.24, 2.45) is 0 Å². The lowest BCUT2D eigenvalue weighted by Gasteiger charge is -2.14. The van der Waals surface area contributed by atoms with E-state index >= 15 is 0 Å². The highest BCUT2D eigenvalue weighted by molar-refractivity contribution is 5.92. The van der Waals surface area contributed by atoms with Crippen LogP contribution in [0.1, 0.15) is 17.4 Å². The SMILES string of the molecule is COCCn1nc(C(=O)N[C@H](C)Cn2cccn2)ccc1=O. The fourth-order valence-corrected chi connectivity index (χ4v) is 1.94. The van der Waals surface area contributed by atoms with Crippen molar-refractivity contribution in [2.45, 2.75) is 26.1 Å². The molecule has 2 rings (SSSR count). The highest BCUT2D eigenvalue weighted by Gasteiger charge is 2.13. The quantitative estimate of drug-likeness (QED) is 0.771. The number of hydrogen-bond donors (Lipinski definition) is 1. The average Bonchev–Trinajstić information content (AvgIpc) is 2.99. The van der Waals surface area contributed by atoms with E-state index in [2.05, 4.69) is 15.5 Å². The van der Waals surface area contributed by atoms with E-state index in [0.29, 0.717) is 19.7 Å². The third-order valence-electron chi connectivity index (χ3n) is 3.00. The largest absolute Gasteiger partial charge is 0.383 e. The van der Waals surface area contributed by atoms with E-state index in [-0.39, 0.29) is 23.2 Å². The normalized spacial score (nSPS) is 12.1. The number of amides is 1. The molecule has 8 nitrogen and oxygen atoms in total. The second kappa shape index (κ2) is 7.51. The summed E-state index contributed by atoms with van der Waals surface area (Å²) >= 11 is 0. The molecule has 0 spiro atoms. The van der Waals surface area contributed by atoms with Crippen molar-refractivity contribution in [3.8, 4) is 0 Å². The van der Waals surface area contributed by atoms with E-state index in [1.807, 2.05) is 19.2 Å². The van der Waals surface area contributed by atoms with Crippen molar-refractivity contribution < 1.29 is 9.53 Å². The Hall–Kier alpha value is -2.48. The van der Waals surface area contributed by atoms with Crippen LogP contribution in [-0.4, -0.2) is 45.2 Å². The van der Waals surface area contributed by atoms with Crippen LogP contribution < -0.4 is 10.9 Å². The van der Waals surface area contributed by atoms with E-state index in [1.54, 1.807) is 18.0 Å². The van der Waals surface area contributed by atoms with Crippen LogP contribution >= 0.6 is 0 Å². The maximum atomic E-state index is 12.2. The minimum Gasteiger partial charge on any atom is -0.383 e. The van der Waals surface area contributed by atoms with Crippen molar-refractivity contribution in [1.29, 1.82) is 0 Å². The standard InChI is InChI=1S/C14H19N5O3/c1-11(10-18-7-3-6-15-18)16-14(21)12-4-5-13(20)19(17-12)8-9-22-2/h3-7,11H,8-10H2,1-2H3,(H,16,21)/t11-/m1/s1. The lowest BCUT2D eigenvalue weighted by molar-refractivity contribution is 0.0927. The number of rotatable bonds is 7. The Bertz CT molecular complexity index is 665. The number of carbonyl (C=O) groups excluding carboxylic acids is 1. The Labute approximate surface area is 127 Å². The highest BCUT2D eigenvalue weighted by atomic mass is 16.5. The van der Waals surface area contributed by atoms with Crippen molar-refractivity contribution in [3.63, 3.8) is 0 Å². The number of carbonyl (C=O) groups is 1. The smallest absolute Gasteiger partial charge is 0.271 e. The molecule has 0 saturated heterocycles. The van der Waals surface area contributed by atoms with Gasteiger partial charge >= 0.3 is 0 Å². The minimum atomic E-state index is -0.328. The average molecular weight is 305 g/mol. The second-order valence-electron chi connectivity index (χ2n) is 4.88. The first-order valence-corrected chi connectivity index (χ1v) is 6.95. The Morgan fingerprint density at radius 3 is 2.95 bits per heavy atom. The van der Waals surface area contributed by atoms with Gasteiger partial charge in [0.25, 0.3) is 11.5 Å². The van der Waals surface area contributed by atoms with Gasteiger partial charge in [-0.3, -0.25) is 14.3 Å². The van der Waals surface area contributed by atoms with Crippen LogP contribution in [0.15, 0.2) is 35.4 Å². The van der Waals surface area contributed by atoms with Gasteiger partial charge in [0.1, 0.15) is 5.69 Å². The summed E-state index contributed by atoms with van der Waals surface area (Å²) in [6.45, 7) is 3.09. The predicted octanol–water partition coefficient (Wildman–Crippen LogP) is -0.0953. The summed E-state index contributed by atoms with van der Waals surface area (Å²) in [5, 5.41) is 11.0. The number of aromatic nitrogens is 4. The molecule has 0 saturated carbocycles. The van der Waals surface area contributed by atoms with Gasteiger partial charge in [-0.05, 0) is 19.1 Å². The van der Waals surface area contributed by atoms with Gasteiger partial charge in [0.2, 0.25) is 0 Å². The molecule has 8 heteroatoms. The Kier molecular flexibility index (Phi) is 5.42. The van der Waals surface area contributed by atoms with Crippen LogP contribution in [0.4, 0.5) is 0 Å². The Balaban J connectivity index is 2.01. The molecule has 0 aliphatic rings. The molecule has 1 N–H and O–H groups in total. The molecule has 22 heavy (non-hydrogen) atoms. The van der Waals surface area contributed by atoms with E-state index < -0.39 is 0 Å². The molecular weight excluding hydrogens is 286 g/mol. The molecule has 0 aliphatic heterocycles. The van der Waals surface area contributed by atoms with Crippen molar-refractivity contribution >= 4 is 5.91 Å². The maximum absolute atomic E-state index is 12.2. The summed E-state index contributed by atoms with van der Waals surface area (Å²) in [5.41, 5.74) is -0.0683. The number of nitrogens with one attached hydrogen (secondary N) is 1. The van der Waals surface area contributed by atoms with Crippen molar-refractivity contribution in [1.82, 2.24) is 24.9 Å². The van der Waals surface area contributed by atoms with E-state index in [4.69, 9.17) is 4.74 Å². The van der Waals surface area contributed by atoms with E-state index in [1.165, 1.54) is 16.8 Å². The van der Waals surface area contributed by atoms with Gasteiger partial charge in [-0.15, -0.1) is 0 Å². The summed E-state index contributed by atoms with van der Waals surface area (Å²) < 4.78 is 7.87. The number of hydrogen-bond acceptors (Lipinski definition) is 5. The van der Waals surface area contributed by atoms with Crippen LogP contribution in [-0.2, 0) is 17.8 Å². The summed E-state index contributed by atoms with van der Waals surface area (Å²) in [4.78, 5) is 23.8. The van der Waals surface area contributed by atoms with Crippen molar-refractivity contribution in [3.05, 3.63) is 46.6 Å². The maximum Gasteiger partial charge on any atom is 0.271 e. The fourth-order valence-electron chi connectivity index (χ4n) is 1.94. The molecule has 1 atom stereocenters. The van der Waals surface area contributed by atoms with Gasteiger partial charge in [0.05, 0.1) is 19.7 Å². The predicted molar refractivity (Wildman–Crippen MR) is 79.5 cm³/mol. The molecule has 2 aromatic heterocycles. The molecule has 0 radical (unpaired) electrons. The van der Waals surface area contributed by atoms with Gasteiger partial charge in [0.15, 0.2) is 0 Å². The van der Waals surface area contributed by atoms with Crippen LogP contribution in [0.5, 0.6) is 0 Å². The summed E-state index contributed by atoms with van der Waals surface area (Å²) in [6.07, 6.45) is 3.51. The van der Waals surface area contributed by atoms with Gasteiger partial charge in [0, 0.05) is 31.6 Å². The van der Waals surface area contributed by atoms with Gasteiger partial charge < -0.3 is 10.1 Å². The summed E-state index contributed by atoms with van der Waals surface area (Å²) in [7, 11) is 1.54. The molecule has 2 aromatic rings.